The van der Waals surface area contributed by atoms with Crippen LogP contribution in [0.15, 0.2) is 39.2 Å². The highest BCUT2D eigenvalue weighted by molar-refractivity contribution is 7.14. The highest BCUT2D eigenvalue weighted by atomic mass is 32.1. The third-order valence-electron chi connectivity index (χ3n) is 5.35. The molecule has 1 aromatic carbocycles. The van der Waals surface area contributed by atoms with E-state index in [2.05, 4.69) is 15.3 Å². The second-order valence-corrected chi connectivity index (χ2v) is 8.54. The number of amides is 1. The van der Waals surface area contributed by atoms with Gasteiger partial charge in [-0.25, -0.2) is 14.2 Å². The van der Waals surface area contributed by atoms with Crippen LogP contribution in [0.3, 0.4) is 0 Å². The van der Waals surface area contributed by atoms with E-state index < -0.39 is 34.7 Å². The van der Waals surface area contributed by atoms with E-state index in [0.29, 0.717) is 6.07 Å². The summed E-state index contributed by atoms with van der Waals surface area (Å²) in [5.74, 6) is -1.91. The minimum atomic E-state index is -4.82. The van der Waals surface area contributed by atoms with Gasteiger partial charge in [0.15, 0.2) is 10.8 Å². The lowest BCUT2D eigenvalue weighted by molar-refractivity contribution is -0.140. The molecule has 0 aliphatic heterocycles. The van der Waals surface area contributed by atoms with Crippen molar-refractivity contribution in [2.24, 2.45) is 14.1 Å². The molecule has 188 valence electrons. The Kier molecular flexibility index (Phi) is 6.39. The maximum atomic E-state index is 13.9. The van der Waals surface area contributed by atoms with Crippen molar-refractivity contribution in [3.63, 3.8) is 0 Å². The van der Waals surface area contributed by atoms with E-state index in [9.17, 15) is 31.9 Å². The number of halogens is 4. The van der Waals surface area contributed by atoms with Crippen molar-refractivity contribution in [2.75, 3.05) is 12.4 Å². The highest BCUT2D eigenvalue weighted by Crippen LogP contribution is 2.34. The van der Waals surface area contributed by atoms with Gasteiger partial charge < -0.3 is 10.1 Å². The molecule has 0 saturated heterocycles. The zero-order chi connectivity index (χ0) is 26.4. The number of carbonyl (C=O) groups is 1. The maximum Gasteiger partial charge on any atom is 0.419 e. The number of benzene rings is 1. The number of methoxy groups -OCH3 is 1. The van der Waals surface area contributed by atoms with Crippen LogP contribution in [0.1, 0.15) is 11.1 Å². The Balaban J connectivity index is 1.62. The lowest BCUT2D eigenvalue weighted by Crippen LogP contribution is -2.38. The summed E-state index contributed by atoms with van der Waals surface area (Å²) in [6, 6.07) is 3.84. The molecule has 0 bridgehead atoms. The fourth-order valence-corrected chi connectivity index (χ4v) is 4.29. The number of nitrogens with zero attached hydrogens (tertiary/aromatic N) is 4. The molecule has 0 unspecified atom stereocenters. The van der Waals surface area contributed by atoms with Gasteiger partial charge in [-0.15, -0.1) is 11.3 Å². The Morgan fingerprint density at radius 2 is 1.86 bits per heavy atom. The summed E-state index contributed by atoms with van der Waals surface area (Å²) in [6.45, 7) is 0. The number of hydrogen-bond acceptors (Lipinski definition) is 7. The molecule has 3 heterocycles. The van der Waals surface area contributed by atoms with Crippen molar-refractivity contribution < 1.29 is 27.1 Å². The molecular weight excluding hydrogens is 506 g/mol. The highest BCUT2D eigenvalue weighted by Gasteiger charge is 2.34. The largest absolute Gasteiger partial charge is 0.481 e. The van der Waals surface area contributed by atoms with Gasteiger partial charge in [-0.1, -0.05) is 6.07 Å². The number of pyridine rings is 1. The molecular formula is C22H17F4N5O4S. The quantitative estimate of drug-likeness (QED) is 0.403. The lowest BCUT2D eigenvalue weighted by Gasteiger charge is -2.12. The number of alkyl halides is 3. The van der Waals surface area contributed by atoms with Crippen molar-refractivity contribution in [2.45, 2.75) is 12.6 Å². The molecule has 36 heavy (non-hydrogen) atoms. The van der Waals surface area contributed by atoms with Crippen LogP contribution < -0.4 is 21.3 Å². The summed E-state index contributed by atoms with van der Waals surface area (Å²) in [5.41, 5.74) is -2.04. The Morgan fingerprint density at radius 3 is 2.50 bits per heavy atom. The molecule has 0 atom stereocenters. The van der Waals surface area contributed by atoms with Crippen molar-refractivity contribution in [3.8, 4) is 17.1 Å². The van der Waals surface area contributed by atoms with Gasteiger partial charge >= 0.3 is 11.9 Å². The van der Waals surface area contributed by atoms with E-state index in [1.165, 1.54) is 32.7 Å². The smallest absolute Gasteiger partial charge is 0.419 e. The van der Waals surface area contributed by atoms with E-state index in [4.69, 9.17) is 4.74 Å². The Hall–Kier alpha value is -4.07. The number of carbonyl (C=O) groups excluding carboxylic acids is 1. The van der Waals surface area contributed by atoms with E-state index in [1.807, 2.05) is 0 Å². The fourth-order valence-electron chi connectivity index (χ4n) is 3.55. The lowest BCUT2D eigenvalue weighted by atomic mass is 10.1. The molecule has 0 spiro atoms. The minimum absolute atomic E-state index is 0.0473. The van der Waals surface area contributed by atoms with Crippen LogP contribution in [-0.4, -0.2) is 32.1 Å². The van der Waals surface area contributed by atoms with Crippen LogP contribution >= 0.6 is 11.3 Å². The van der Waals surface area contributed by atoms with Crippen LogP contribution in [0.25, 0.3) is 22.3 Å². The number of ether oxygens (including phenoxy) is 1. The van der Waals surface area contributed by atoms with Crippen LogP contribution in [-0.2, 0) is 31.5 Å². The van der Waals surface area contributed by atoms with Crippen molar-refractivity contribution >= 4 is 33.4 Å². The van der Waals surface area contributed by atoms with Gasteiger partial charge in [-0.2, -0.15) is 18.2 Å². The number of aromatic nitrogens is 4. The first-order chi connectivity index (χ1) is 16.9. The van der Waals surface area contributed by atoms with Crippen LogP contribution in [0.5, 0.6) is 5.88 Å². The van der Waals surface area contributed by atoms with Gasteiger partial charge in [0.25, 0.3) is 5.56 Å². The van der Waals surface area contributed by atoms with Crippen LogP contribution in [0.4, 0.5) is 22.7 Å². The van der Waals surface area contributed by atoms with E-state index in [1.54, 1.807) is 0 Å². The number of fused-ring (bicyclic) bond motifs is 1. The fraction of sp³-hybridized carbons (Fsp3) is 0.227. The number of hydrogen-bond donors (Lipinski definition) is 1. The maximum absolute atomic E-state index is 13.9. The predicted octanol–water partition coefficient (Wildman–Crippen LogP) is 3.10. The van der Waals surface area contributed by atoms with Crippen molar-refractivity contribution in [3.05, 3.63) is 67.4 Å². The summed E-state index contributed by atoms with van der Waals surface area (Å²) >= 11 is 0.984. The molecule has 3 aromatic heterocycles. The molecule has 0 fully saturated rings. The predicted molar refractivity (Wildman–Crippen MR) is 124 cm³/mol. The molecule has 0 radical (unpaired) electrons. The molecule has 0 saturated carbocycles. The number of anilines is 1. The van der Waals surface area contributed by atoms with Gasteiger partial charge in [0.05, 0.1) is 30.2 Å². The van der Waals surface area contributed by atoms with Gasteiger partial charge in [0.2, 0.25) is 11.8 Å². The van der Waals surface area contributed by atoms with E-state index in [-0.39, 0.29) is 45.3 Å². The summed E-state index contributed by atoms with van der Waals surface area (Å²) in [4.78, 5) is 46.1. The molecule has 0 aliphatic rings. The summed E-state index contributed by atoms with van der Waals surface area (Å²) in [6.07, 6.45) is -5.12. The molecule has 1 amide bonds. The second-order valence-electron chi connectivity index (χ2n) is 7.68. The normalized spacial score (nSPS) is 11.6. The standard InChI is InChI=1S/C22H17F4N5O4S/c1-30-18-17(19(33)31(2)21(30)34)11(8-16(29-18)35-3)7-15(32)28-20-27-14(9-36-20)10-4-5-12(13(23)6-10)22(24,25)26/h4-6,8-9H,7H2,1-3H3,(H,27,28,32). The van der Waals surface area contributed by atoms with Gasteiger partial charge in [-0.05, 0) is 17.7 Å². The molecule has 4 aromatic rings. The Morgan fingerprint density at radius 1 is 1.14 bits per heavy atom. The topological polar surface area (TPSA) is 108 Å². The molecule has 4 rings (SSSR count). The van der Waals surface area contributed by atoms with Crippen molar-refractivity contribution in [1.82, 2.24) is 19.1 Å². The molecule has 9 nitrogen and oxygen atoms in total. The van der Waals surface area contributed by atoms with Crippen LogP contribution in [0.2, 0.25) is 0 Å². The number of rotatable bonds is 5. The first-order valence-corrected chi connectivity index (χ1v) is 11.0. The third-order valence-corrected chi connectivity index (χ3v) is 6.11. The second kappa shape index (κ2) is 9.18. The van der Waals surface area contributed by atoms with Gasteiger partial charge in [0.1, 0.15) is 5.82 Å². The molecule has 14 heteroatoms. The van der Waals surface area contributed by atoms with E-state index >= 15 is 0 Å². The summed E-state index contributed by atoms with van der Waals surface area (Å²) < 4.78 is 59.5. The number of aryl methyl sites for hydroxylation is 1. The molecule has 1 N–H and O–H groups in total. The number of nitrogens with one attached hydrogen (secondary N) is 1. The van der Waals surface area contributed by atoms with Gasteiger partial charge in [0, 0.05) is 31.1 Å². The first kappa shape index (κ1) is 25.0. The average Bonchev–Trinajstić information content (AvgIpc) is 3.28. The minimum Gasteiger partial charge on any atom is -0.481 e. The number of thiazole rings is 1. The van der Waals surface area contributed by atoms with Crippen molar-refractivity contribution in [1.29, 1.82) is 0 Å². The average molecular weight is 523 g/mol. The Bertz CT molecular complexity index is 1620. The molecule has 0 aliphatic carbocycles. The van der Waals surface area contributed by atoms with E-state index in [0.717, 1.165) is 32.6 Å². The summed E-state index contributed by atoms with van der Waals surface area (Å²) in [5, 5.41) is 4.18. The SMILES string of the molecule is COc1cc(CC(=O)Nc2nc(-c3ccc(C(F)(F)F)c(F)c3)cs2)c2c(=O)n(C)c(=O)n(C)c2n1. The monoisotopic (exact) mass is 523 g/mol. The Labute approximate surface area is 203 Å². The van der Waals surface area contributed by atoms with Gasteiger partial charge in [-0.3, -0.25) is 18.7 Å². The van der Waals surface area contributed by atoms with Crippen LogP contribution in [0, 0.1) is 5.82 Å². The zero-order valence-electron chi connectivity index (χ0n) is 18.9. The first-order valence-electron chi connectivity index (χ1n) is 10.2. The third kappa shape index (κ3) is 4.58. The zero-order valence-corrected chi connectivity index (χ0v) is 19.8. The summed E-state index contributed by atoms with van der Waals surface area (Å²) in [7, 11) is 4.08.